The van der Waals surface area contributed by atoms with Gasteiger partial charge in [-0.25, -0.2) is 4.79 Å². The lowest BCUT2D eigenvalue weighted by Crippen LogP contribution is -2.24. The Kier molecular flexibility index (Phi) is 5.69. The molecule has 4 heteroatoms. The minimum Gasteiger partial charge on any atom is -0.451 e. The first kappa shape index (κ1) is 19.5. The van der Waals surface area contributed by atoms with Crippen LogP contribution in [-0.2, 0) is 9.53 Å². The van der Waals surface area contributed by atoms with Gasteiger partial charge in [-0.2, -0.15) is 0 Å². The van der Waals surface area contributed by atoms with Gasteiger partial charge in [0.25, 0.3) is 0 Å². The van der Waals surface area contributed by atoms with Crippen LogP contribution in [0.25, 0.3) is 17.0 Å². The van der Waals surface area contributed by atoms with Crippen LogP contribution in [0.2, 0.25) is 0 Å². The summed E-state index contributed by atoms with van der Waals surface area (Å²) in [7, 11) is 0. The molecule has 0 fully saturated rings. The van der Waals surface area contributed by atoms with Crippen molar-refractivity contribution < 1.29 is 14.3 Å². The number of esters is 1. The number of pyridine rings is 1. The van der Waals surface area contributed by atoms with Crippen LogP contribution in [0, 0.1) is 20.8 Å². The van der Waals surface area contributed by atoms with Gasteiger partial charge in [-0.1, -0.05) is 30.3 Å². The average Bonchev–Trinajstić information content (AvgIpc) is 2.68. The van der Waals surface area contributed by atoms with E-state index in [2.05, 4.69) is 4.98 Å². The van der Waals surface area contributed by atoms with Crippen molar-refractivity contribution in [2.24, 2.45) is 0 Å². The van der Waals surface area contributed by atoms with Crippen molar-refractivity contribution in [3.63, 3.8) is 0 Å². The molecule has 3 aromatic rings. The third-order valence-electron chi connectivity index (χ3n) is 4.83. The number of fused-ring (bicyclic) bond motifs is 1. The van der Waals surface area contributed by atoms with E-state index in [0.717, 1.165) is 33.2 Å². The highest BCUT2D eigenvalue weighted by molar-refractivity contribution is 6.02. The third kappa shape index (κ3) is 4.17. The molecule has 0 saturated carbocycles. The summed E-state index contributed by atoms with van der Waals surface area (Å²) in [6.45, 7) is 7.46. The Bertz CT molecular complexity index is 1080. The summed E-state index contributed by atoms with van der Waals surface area (Å²) in [5, 5.41) is 0.992. The molecule has 1 atom stereocenters. The van der Waals surface area contributed by atoms with Gasteiger partial charge in [-0.3, -0.25) is 9.78 Å². The molecular weight excluding hydrogens is 350 g/mol. The summed E-state index contributed by atoms with van der Waals surface area (Å²) >= 11 is 0. The molecule has 1 heterocycles. The predicted octanol–water partition coefficient (Wildman–Crippen LogP) is 4.99. The zero-order valence-electron chi connectivity index (χ0n) is 16.5. The van der Waals surface area contributed by atoms with E-state index in [1.807, 2.05) is 63.2 Å². The fourth-order valence-corrected chi connectivity index (χ4v) is 3.13. The van der Waals surface area contributed by atoms with E-state index in [9.17, 15) is 9.59 Å². The summed E-state index contributed by atoms with van der Waals surface area (Å²) in [6, 6.07) is 13.4. The molecule has 0 amide bonds. The lowest BCUT2D eigenvalue weighted by Gasteiger charge is -2.14. The van der Waals surface area contributed by atoms with Crippen LogP contribution < -0.4 is 0 Å². The summed E-state index contributed by atoms with van der Waals surface area (Å²) in [4.78, 5) is 29.3. The van der Waals surface area contributed by atoms with Crippen molar-refractivity contribution in [1.29, 1.82) is 0 Å². The van der Waals surface area contributed by atoms with Crippen LogP contribution in [0.1, 0.15) is 39.5 Å². The Morgan fingerprint density at radius 2 is 1.71 bits per heavy atom. The first-order valence-corrected chi connectivity index (χ1v) is 9.21. The molecule has 28 heavy (non-hydrogen) atoms. The molecule has 3 rings (SSSR count). The molecule has 0 N–H and O–H groups in total. The number of ether oxygens (including phenoxy) is 1. The van der Waals surface area contributed by atoms with Crippen molar-refractivity contribution in [1.82, 2.24) is 4.98 Å². The van der Waals surface area contributed by atoms with E-state index in [0.29, 0.717) is 5.56 Å². The standard InChI is InChI=1S/C24H23NO3/c1-15-13-17(3)21(14-16(15)2)24(27)18(4)28-22(26)11-10-20-8-5-7-19-9-6-12-25-23(19)20/h5-14,18H,1-4H3/b11-10+. The maximum absolute atomic E-state index is 12.7. The number of Topliss-reactive ketones (excluding diaryl/α,β-unsaturated/α-hetero) is 1. The highest BCUT2D eigenvalue weighted by Crippen LogP contribution is 2.19. The topological polar surface area (TPSA) is 56.3 Å². The molecule has 0 aliphatic carbocycles. The fraction of sp³-hybridized carbons (Fsp3) is 0.208. The Labute approximate surface area is 164 Å². The first-order valence-electron chi connectivity index (χ1n) is 9.21. The molecular formula is C24H23NO3. The second-order valence-electron chi connectivity index (χ2n) is 6.95. The Morgan fingerprint density at radius 3 is 2.50 bits per heavy atom. The summed E-state index contributed by atoms with van der Waals surface area (Å²) in [6.07, 6.45) is 3.85. The van der Waals surface area contributed by atoms with Gasteiger partial charge < -0.3 is 4.74 Å². The van der Waals surface area contributed by atoms with E-state index in [1.165, 1.54) is 6.08 Å². The zero-order valence-corrected chi connectivity index (χ0v) is 16.5. The minimum atomic E-state index is -0.858. The number of carbonyl (C=O) groups excluding carboxylic acids is 2. The molecule has 0 aliphatic heterocycles. The number of para-hydroxylation sites is 1. The molecule has 0 radical (unpaired) electrons. The van der Waals surface area contributed by atoms with E-state index in [-0.39, 0.29) is 5.78 Å². The van der Waals surface area contributed by atoms with Crippen LogP contribution in [0.3, 0.4) is 0 Å². The minimum absolute atomic E-state index is 0.200. The van der Waals surface area contributed by atoms with Crippen LogP contribution >= 0.6 is 0 Å². The largest absolute Gasteiger partial charge is 0.451 e. The molecule has 0 spiro atoms. The number of carbonyl (C=O) groups is 2. The van der Waals surface area contributed by atoms with Crippen molar-refractivity contribution in [2.45, 2.75) is 33.8 Å². The van der Waals surface area contributed by atoms with Crippen molar-refractivity contribution in [3.05, 3.63) is 82.6 Å². The van der Waals surface area contributed by atoms with Gasteiger partial charge in [0.2, 0.25) is 5.78 Å². The quantitative estimate of drug-likeness (QED) is 0.359. The lowest BCUT2D eigenvalue weighted by molar-refractivity contribution is -0.140. The van der Waals surface area contributed by atoms with Gasteiger partial charge in [-0.05, 0) is 62.6 Å². The summed E-state index contributed by atoms with van der Waals surface area (Å²) in [5.41, 5.74) is 5.27. The first-order chi connectivity index (χ1) is 13.4. The van der Waals surface area contributed by atoms with Crippen LogP contribution in [0.5, 0.6) is 0 Å². The van der Waals surface area contributed by atoms with Gasteiger partial charge in [0, 0.05) is 28.8 Å². The van der Waals surface area contributed by atoms with Crippen LogP contribution in [0.4, 0.5) is 0 Å². The van der Waals surface area contributed by atoms with Crippen LogP contribution in [-0.4, -0.2) is 22.8 Å². The third-order valence-corrected chi connectivity index (χ3v) is 4.83. The Hall–Kier alpha value is -3.27. The number of ketones is 1. The molecule has 0 aliphatic rings. The van der Waals surface area contributed by atoms with E-state index < -0.39 is 12.1 Å². The summed E-state index contributed by atoms with van der Waals surface area (Å²) < 4.78 is 5.33. The smallest absolute Gasteiger partial charge is 0.331 e. The second kappa shape index (κ2) is 8.17. The lowest BCUT2D eigenvalue weighted by atomic mass is 9.96. The number of rotatable bonds is 5. The molecule has 1 unspecified atom stereocenters. The Morgan fingerprint density at radius 1 is 1.00 bits per heavy atom. The van der Waals surface area contributed by atoms with E-state index >= 15 is 0 Å². The monoisotopic (exact) mass is 373 g/mol. The second-order valence-corrected chi connectivity index (χ2v) is 6.95. The van der Waals surface area contributed by atoms with Gasteiger partial charge >= 0.3 is 5.97 Å². The van der Waals surface area contributed by atoms with Gasteiger partial charge in [0.05, 0.1) is 5.52 Å². The zero-order chi connectivity index (χ0) is 20.3. The highest BCUT2D eigenvalue weighted by atomic mass is 16.5. The summed E-state index contributed by atoms with van der Waals surface area (Å²) in [5.74, 6) is -0.760. The number of aromatic nitrogens is 1. The van der Waals surface area contributed by atoms with Crippen molar-refractivity contribution >= 4 is 28.7 Å². The van der Waals surface area contributed by atoms with E-state index in [4.69, 9.17) is 4.74 Å². The predicted molar refractivity (Wildman–Crippen MR) is 111 cm³/mol. The van der Waals surface area contributed by atoms with Gasteiger partial charge in [-0.15, -0.1) is 0 Å². The van der Waals surface area contributed by atoms with E-state index in [1.54, 1.807) is 19.2 Å². The normalized spacial score (nSPS) is 12.3. The van der Waals surface area contributed by atoms with Gasteiger partial charge in [0.15, 0.2) is 6.10 Å². The van der Waals surface area contributed by atoms with Crippen molar-refractivity contribution in [2.75, 3.05) is 0 Å². The number of hydrogen-bond acceptors (Lipinski definition) is 4. The maximum Gasteiger partial charge on any atom is 0.331 e. The fourth-order valence-electron chi connectivity index (χ4n) is 3.13. The highest BCUT2D eigenvalue weighted by Gasteiger charge is 2.20. The number of nitrogens with zero attached hydrogens (tertiary/aromatic N) is 1. The number of aryl methyl sites for hydroxylation is 3. The average molecular weight is 373 g/mol. The number of hydrogen-bond donors (Lipinski definition) is 0. The molecule has 2 aromatic carbocycles. The SMILES string of the molecule is Cc1cc(C)c(C(=O)C(C)OC(=O)/C=C/c2cccc3cccnc23)cc1C. The Balaban J connectivity index is 1.73. The molecule has 4 nitrogen and oxygen atoms in total. The maximum atomic E-state index is 12.7. The van der Waals surface area contributed by atoms with Crippen molar-refractivity contribution in [3.8, 4) is 0 Å². The molecule has 0 bridgehead atoms. The molecule has 0 saturated heterocycles. The molecule has 1 aromatic heterocycles. The van der Waals surface area contributed by atoms with Crippen LogP contribution in [0.15, 0.2) is 54.7 Å². The van der Waals surface area contributed by atoms with Gasteiger partial charge in [0.1, 0.15) is 0 Å². The number of benzene rings is 2. The molecule has 142 valence electrons.